The van der Waals surface area contributed by atoms with Crippen LogP contribution in [0.2, 0.25) is 0 Å². The first kappa shape index (κ1) is 16.8. The van der Waals surface area contributed by atoms with Crippen molar-refractivity contribution in [2.75, 3.05) is 20.1 Å². The Morgan fingerprint density at radius 2 is 1.86 bits per heavy atom. The molecule has 21 heavy (non-hydrogen) atoms. The summed E-state index contributed by atoms with van der Waals surface area (Å²) in [6.07, 6.45) is 8.72. The Morgan fingerprint density at radius 3 is 2.33 bits per heavy atom. The van der Waals surface area contributed by atoms with Crippen molar-refractivity contribution in [3.8, 4) is 6.07 Å². The Labute approximate surface area is 131 Å². The van der Waals surface area contributed by atoms with Gasteiger partial charge in [-0.3, -0.25) is 5.32 Å². The number of nitrogens with one attached hydrogen (secondary N) is 1. The van der Waals surface area contributed by atoms with Gasteiger partial charge in [0.15, 0.2) is 0 Å². The van der Waals surface area contributed by atoms with Crippen LogP contribution in [0, 0.1) is 22.7 Å². The van der Waals surface area contributed by atoms with Crippen LogP contribution in [0.4, 0.5) is 0 Å². The maximum absolute atomic E-state index is 9.80. The zero-order valence-electron chi connectivity index (χ0n) is 14.4. The van der Waals surface area contributed by atoms with Crippen molar-refractivity contribution in [1.82, 2.24) is 10.2 Å². The third-order valence-corrected chi connectivity index (χ3v) is 5.60. The zero-order valence-corrected chi connectivity index (χ0v) is 14.4. The third-order valence-electron chi connectivity index (χ3n) is 5.60. The molecule has 0 spiro atoms. The molecule has 1 atom stereocenters. The summed E-state index contributed by atoms with van der Waals surface area (Å²) < 4.78 is 0. The fraction of sp³-hybridized carbons (Fsp3) is 0.944. The zero-order chi connectivity index (χ0) is 15.5. The van der Waals surface area contributed by atoms with E-state index in [4.69, 9.17) is 0 Å². The molecule has 0 radical (unpaired) electrons. The topological polar surface area (TPSA) is 39.1 Å². The van der Waals surface area contributed by atoms with Crippen molar-refractivity contribution in [3.63, 3.8) is 0 Å². The van der Waals surface area contributed by atoms with Gasteiger partial charge in [-0.25, -0.2) is 0 Å². The van der Waals surface area contributed by atoms with Gasteiger partial charge in [-0.1, -0.05) is 20.8 Å². The summed E-state index contributed by atoms with van der Waals surface area (Å²) in [5, 5.41) is 13.4. The lowest BCUT2D eigenvalue weighted by molar-refractivity contribution is 0.105. The summed E-state index contributed by atoms with van der Waals surface area (Å²) in [6, 6.07) is 3.31. The first-order valence-electron chi connectivity index (χ1n) is 8.79. The number of rotatable bonds is 7. The van der Waals surface area contributed by atoms with Gasteiger partial charge in [0.2, 0.25) is 0 Å². The molecule has 0 saturated heterocycles. The highest BCUT2D eigenvalue weighted by Crippen LogP contribution is 2.41. The van der Waals surface area contributed by atoms with Crippen molar-refractivity contribution < 1.29 is 0 Å². The quantitative estimate of drug-likeness (QED) is 0.779. The highest BCUT2D eigenvalue weighted by atomic mass is 15.2. The van der Waals surface area contributed by atoms with E-state index in [1.54, 1.807) is 0 Å². The van der Waals surface area contributed by atoms with Gasteiger partial charge in [0.1, 0.15) is 5.54 Å². The summed E-state index contributed by atoms with van der Waals surface area (Å²) >= 11 is 0. The minimum atomic E-state index is -0.308. The van der Waals surface area contributed by atoms with Gasteiger partial charge in [0, 0.05) is 12.6 Å². The minimum Gasteiger partial charge on any atom is -0.301 e. The molecule has 2 saturated carbocycles. The van der Waals surface area contributed by atoms with Crippen molar-refractivity contribution in [1.29, 1.82) is 5.26 Å². The Hall–Kier alpha value is -0.590. The maximum Gasteiger partial charge on any atom is 0.122 e. The van der Waals surface area contributed by atoms with E-state index in [2.05, 4.69) is 44.1 Å². The molecular weight excluding hydrogens is 258 g/mol. The van der Waals surface area contributed by atoms with Crippen molar-refractivity contribution in [3.05, 3.63) is 0 Å². The molecule has 0 aromatic rings. The number of nitriles is 1. The van der Waals surface area contributed by atoms with Gasteiger partial charge < -0.3 is 4.90 Å². The highest BCUT2D eigenvalue weighted by Gasteiger charge is 2.46. The van der Waals surface area contributed by atoms with Crippen LogP contribution < -0.4 is 5.32 Å². The molecule has 2 aliphatic rings. The van der Waals surface area contributed by atoms with E-state index in [-0.39, 0.29) is 5.54 Å². The van der Waals surface area contributed by atoms with E-state index in [0.29, 0.717) is 17.4 Å². The normalized spacial score (nSPS) is 25.5. The smallest absolute Gasteiger partial charge is 0.122 e. The summed E-state index contributed by atoms with van der Waals surface area (Å²) in [5.41, 5.74) is 0.207. The molecule has 0 heterocycles. The lowest BCUT2D eigenvalue weighted by Gasteiger charge is -2.41. The molecule has 2 aliphatic carbocycles. The summed E-state index contributed by atoms with van der Waals surface area (Å²) in [5.74, 6) is 0.566. The molecule has 1 unspecified atom stereocenters. The van der Waals surface area contributed by atoms with E-state index < -0.39 is 0 Å². The molecule has 2 rings (SSSR count). The van der Waals surface area contributed by atoms with Gasteiger partial charge >= 0.3 is 0 Å². The van der Waals surface area contributed by atoms with Crippen LogP contribution in [0.15, 0.2) is 0 Å². The molecule has 1 N–H and O–H groups in total. The predicted molar refractivity (Wildman–Crippen MR) is 88.0 cm³/mol. The van der Waals surface area contributed by atoms with Crippen molar-refractivity contribution in [2.24, 2.45) is 11.3 Å². The van der Waals surface area contributed by atoms with Crippen LogP contribution >= 0.6 is 0 Å². The fourth-order valence-electron chi connectivity index (χ4n) is 3.77. The standard InChI is InChI=1S/C18H33N3/c1-5-12-20-18(13-19,15-6-7-15)14-21(4)16-8-10-17(2,3)11-9-16/h15-16,20H,5-12,14H2,1-4H3. The lowest BCUT2D eigenvalue weighted by atomic mass is 9.75. The minimum absolute atomic E-state index is 0.308. The second kappa shape index (κ2) is 6.67. The Bertz CT molecular complexity index is 370. The molecular formula is C18H33N3. The average Bonchev–Trinajstić information content (AvgIpc) is 3.28. The lowest BCUT2D eigenvalue weighted by Crippen LogP contribution is -2.56. The van der Waals surface area contributed by atoms with Gasteiger partial charge in [-0.15, -0.1) is 0 Å². The summed E-state index contributed by atoms with van der Waals surface area (Å²) in [7, 11) is 2.23. The second-order valence-corrected chi connectivity index (χ2v) is 8.09. The largest absolute Gasteiger partial charge is 0.301 e. The van der Waals surface area contributed by atoms with Crippen molar-refractivity contribution >= 4 is 0 Å². The monoisotopic (exact) mass is 291 g/mol. The predicted octanol–water partition coefficient (Wildman–Crippen LogP) is 3.56. The molecule has 3 heteroatoms. The molecule has 0 aliphatic heterocycles. The number of nitrogens with zero attached hydrogens (tertiary/aromatic N) is 2. The molecule has 0 aromatic heterocycles. The van der Waals surface area contributed by atoms with Gasteiger partial charge in [-0.2, -0.15) is 5.26 Å². The van der Waals surface area contributed by atoms with E-state index in [0.717, 1.165) is 19.5 Å². The first-order valence-corrected chi connectivity index (χ1v) is 8.79. The van der Waals surface area contributed by atoms with Crippen LogP contribution in [0.3, 0.4) is 0 Å². The van der Waals surface area contributed by atoms with Crippen LogP contribution in [0.25, 0.3) is 0 Å². The van der Waals surface area contributed by atoms with E-state index >= 15 is 0 Å². The van der Waals surface area contributed by atoms with E-state index in [1.165, 1.54) is 38.5 Å². The van der Waals surface area contributed by atoms with E-state index in [9.17, 15) is 5.26 Å². The van der Waals surface area contributed by atoms with Gasteiger partial charge in [0.25, 0.3) is 0 Å². The SMILES string of the molecule is CCCNC(C#N)(CN(C)C1CCC(C)(C)CC1)C1CC1. The first-order chi connectivity index (χ1) is 9.92. The highest BCUT2D eigenvalue weighted by molar-refractivity contribution is 5.17. The molecule has 0 amide bonds. The Balaban J connectivity index is 1.95. The van der Waals surface area contributed by atoms with Gasteiger partial charge in [0.05, 0.1) is 6.07 Å². The maximum atomic E-state index is 9.80. The Kier molecular flexibility index (Phi) is 5.33. The molecule has 3 nitrogen and oxygen atoms in total. The fourth-order valence-corrected chi connectivity index (χ4v) is 3.77. The number of hydrogen-bond acceptors (Lipinski definition) is 3. The summed E-state index contributed by atoms with van der Waals surface area (Å²) in [6.45, 7) is 8.79. The van der Waals surface area contributed by atoms with Crippen LogP contribution in [-0.2, 0) is 0 Å². The summed E-state index contributed by atoms with van der Waals surface area (Å²) in [4.78, 5) is 2.47. The molecule has 0 bridgehead atoms. The third kappa shape index (κ3) is 4.20. The number of hydrogen-bond donors (Lipinski definition) is 1. The van der Waals surface area contributed by atoms with Crippen LogP contribution in [0.5, 0.6) is 0 Å². The van der Waals surface area contributed by atoms with Crippen LogP contribution in [-0.4, -0.2) is 36.6 Å². The molecule has 0 aromatic carbocycles. The number of likely N-dealkylation sites (N-methyl/N-ethyl adjacent to an activating group) is 1. The Morgan fingerprint density at radius 1 is 1.24 bits per heavy atom. The van der Waals surface area contributed by atoms with Gasteiger partial charge in [-0.05, 0) is 69.9 Å². The molecule has 2 fully saturated rings. The van der Waals surface area contributed by atoms with Crippen molar-refractivity contribution in [2.45, 2.75) is 77.3 Å². The van der Waals surface area contributed by atoms with Crippen LogP contribution in [0.1, 0.15) is 65.7 Å². The molecule has 120 valence electrons. The second-order valence-electron chi connectivity index (χ2n) is 8.09. The average molecular weight is 291 g/mol. The van der Waals surface area contributed by atoms with E-state index in [1.807, 2.05) is 0 Å².